The van der Waals surface area contributed by atoms with Gasteiger partial charge in [-0.1, -0.05) is 13.8 Å². The number of nitrogens with one attached hydrogen (secondary N) is 1. The molecule has 1 aliphatic heterocycles. The standard InChI is InChI=1S/C12H21NO3S/c1-7-4-8(2)11-9(5-7)13-10(6-17(11)15)12(14)16-3/h7-11,13H,4-6H2,1-3H3. The Labute approximate surface area is 105 Å². The van der Waals surface area contributed by atoms with Crippen LogP contribution in [-0.4, -0.2) is 40.4 Å². The fraction of sp³-hybridized carbons (Fsp3) is 0.917. The van der Waals surface area contributed by atoms with Crippen molar-refractivity contribution in [2.24, 2.45) is 11.8 Å². The second-order valence-electron chi connectivity index (χ2n) is 5.41. The molecule has 1 saturated heterocycles. The first kappa shape index (κ1) is 13.0. The molecule has 2 fully saturated rings. The Morgan fingerprint density at radius 2 is 2.06 bits per heavy atom. The van der Waals surface area contributed by atoms with Crippen molar-refractivity contribution in [2.75, 3.05) is 12.9 Å². The molecule has 6 unspecified atom stereocenters. The van der Waals surface area contributed by atoms with Crippen molar-refractivity contribution in [1.82, 2.24) is 5.32 Å². The molecule has 17 heavy (non-hydrogen) atoms. The molecule has 2 rings (SSSR count). The number of carbonyl (C=O) groups is 1. The van der Waals surface area contributed by atoms with E-state index in [0.717, 1.165) is 12.8 Å². The molecule has 0 aromatic rings. The monoisotopic (exact) mass is 259 g/mol. The Morgan fingerprint density at radius 1 is 1.35 bits per heavy atom. The minimum Gasteiger partial charge on any atom is -0.468 e. The summed E-state index contributed by atoms with van der Waals surface area (Å²) in [6.45, 7) is 4.39. The smallest absolute Gasteiger partial charge is 0.323 e. The number of esters is 1. The molecule has 6 atom stereocenters. The summed E-state index contributed by atoms with van der Waals surface area (Å²) in [5.41, 5.74) is 0. The molecule has 2 aliphatic rings. The number of rotatable bonds is 1. The van der Waals surface area contributed by atoms with Gasteiger partial charge in [0.1, 0.15) is 6.04 Å². The first-order chi connectivity index (χ1) is 8.02. The zero-order valence-electron chi connectivity index (χ0n) is 10.6. The summed E-state index contributed by atoms with van der Waals surface area (Å²) in [6, 6.07) is -0.188. The molecule has 98 valence electrons. The van der Waals surface area contributed by atoms with E-state index >= 15 is 0 Å². The molecule has 0 amide bonds. The van der Waals surface area contributed by atoms with Crippen LogP contribution in [0.5, 0.6) is 0 Å². The van der Waals surface area contributed by atoms with Gasteiger partial charge in [-0.3, -0.25) is 14.3 Å². The summed E-state index contributed by atoms with van der Waals surface area (Å²) >= 11 is 0. The molecule has 1 heterocycles. The molecular formula is C12H21NO3S. The van der Waals surface area contributed by atoms with E-state index in [1.165, 1.54) is 7.11 Å². The summed E-state index contributed by atoms with van der Waals surface area (Å²) in [4.78, 5) is 11.5. The predicted molar refractivity (Wildman–Crippen MR) is 67.1 cm³/mol. The second-order valence-corrected chi connectivity index (χ2v) is 7.05. The van der Waals surface area contributed by atoms with E-state index in [0.29, 0.717) is 17.6 Å². The lowest BCUT2D eigenvalue weighted by Crippen LogP contribution is -2.62. The molecule has 1 aliphatic carbocycles. The summed E-state index contributed by atoms with van der Waals surface area (Å²) < 4.78 is 17.0. The predicted octanol–water partition coefficient (Wildman–Crippen LogP) is 0.683. The van der Waals surface area contributed by atoms with Crippen molar-refractivity contribution < 1.29 is 13.7 Å². The normalized spacial score (nSPS) is 46.1. The highest BCUT2D eigenvalue weighted by molar-refractivity contribution is 7.85. The van der Waals surface area contributed by atoms with Crippen LogP contribution in [0, 0.1) is 11.8 Å². The Bertz CT molecular complexity index is 334. The van der Waals surface area contributed by atoms with Crippen LogP contribution in [0.1, 0.15) is 26.7 Å². The van der Waals surface area contributed by atoms with Gasteiger partial charge >= 0.3 is 5.97 Å². The maximum atomic E-state index is 12.2. The van der Waals surface area contributed by atoms with E-state index in [1.54, 1.807) is 0 Å². The zero-order chi connectivity index (χ0) is 12.6. The Kier molecular flexibility index (Phi) is 3.88. The van der Waals surface area contributed by atoms with Crippen molar-refractivity contribution in [3.63, 3.8) is 0 Å². The molecule has 0 radical (unpaired) electrons. The summed E-state index contributed by atoms with van der Waals surface area (Å²) in [5.74, 6) is 1.21. The lowest BCUT2D eigenvalue weighted by atomic mass is 9.79. The van der Waals surface area contributed by atoms with E-state index in [1.807, 2.05) is 0 Å². The Morgan fingerprint density at radius 3 is 2.71 bits per heavy atom. The largest absolute Gasteiger partial charge is 0.468 e. The third-order valence-corrected chi connectivity index (χ3v) is 5.99. The molecule has 1 N–H and O–H groups in total. The number of hydrogen-bond acceptors (Lipinski definition) is 4. The lowest BCUT2D eigenvalue weighted by molar-refractivity contribution is -0.143. The zero-order valence-corrected chi connectivity index (χ0v) is 11.5. The first-order valence-electron chi connectivity index (χ1n) is 6.24. The summed E-state index contributed by atoms with van der Waals surface area (Å²) in [7, 11) is 0.463. The van der Waals surface area contributed by atoms with Crippen molar-refractivity contribution in [1.29, 1.82) is 0 Å². The molecule has 0 aromatic heterocycles. The number of ether oxygens (including phenoxy) is 1. The molecule has 4 nitrogen and oxygen atoms in total. The highest BCUT2D eigenvalue weighted by Gasteiger charge is 2.44. The van der Waals surface area contributed by atoms with Crippen LogP contribution >= 0.6 is 0 Å². The van der Waals surface area contributed by atoms with Gasteiger partial charge in [-0.15, -0.1) is 0 Å². The van der Waals surface area contributed by atoms with Crippen LogP contribution in [0.2, 0.25) is 0 Å². The average Bonchev–Trinajstić information content (AvgIpc) is 2.26. The van der Waals surface area contributed by atoms with Gasteiger partial charge in [0.15, 0.2) is 0 Å². The average molecular weight is 259 g/mol. The molecule has 1 saturated carbocycles. The molecule has 0 spiro atoms. The maximum absolute atomic E-state index is 12.2. The van der Waals surface area contributed by atoms with Gasteiger partial charge in [-0.2, -0.15) is 0 Å². The van der Waals surface area contributed by atoms with Crippen LogP contribution in [0.3, 0.4) is 0 Å². The van der Waals surface area contributed by atoms with Crippen molar-refractivity contribution in [3.05, 3.63) is 0 Å². The lowest BCUT2D eigenvalue weighted by Gasteiger charge is -2.44. The van der Waals surface area contributed by atoms with E-state index in [4.69, 9.17) is 4.74 Å². The van der Waals surface area contributed by atoms with E-state index in [2.05, 4.69) is 19.2 Å². The minimum atomic E-state index is -0.917. The van der Waals surface area contributed by atoms with Gasteiger partial charge in [-0.05, 0) is 24.7 Å². The van der Waals surface area contributed by atoms with Crippen molar-refractivity contribution >= 4 is 16.8 Å². The minimum absolute atomic E-state index is 0.201. The van der Waals surface area contributed by atoms with E-state index < -0.39 is 10.8 Å². The quantitative estimate of drug-likeness (QED) is 0.704. The number of fused-ring (bicyclic) bond motifs is 1. The van der Waals surface area contributed by atoms with Gasteiger partial charge in [0.2, 0.25) is 0 Å². The highest BCUT2D eigenvalue weighted by Crippen LogP contribution is 2.34. The molecule has 5 heteroatoms. The van der Waals surface area contributed by atoms with Gasteiger partial charge in [0.25, 0.3) is 0 Å². The van der Waals surface area contributed by atoms with E-state index in [-0.39, 0.29) is 23.3 Å². The Balaban J connectivity index is 2.12. The van der Waals surface area contributed by atoms with Crippen LogP contribution in [0.4, 0.5) is 0 Å². The van der Waals surface area contributed by atoms with Crippen LogP contribution in [0.25, 0.3) is 0 Å². The van der Waals surface area contributed by atoms with Crippen LogP contribution in [0.15, 0.2) is 0 Å². The highest BCUT2D eigenvalue weighted by atomic mass is 32.2. The summed E-state index contributed by atoms with van der Waals surface area (Å²) in [6.07, 6.45) is 2.14. The third kappa shape index (κ3) is 2.55. The van der Waals surface area contributed by atoms with Gasteiger partial charge in [-0.25, -0.2) is 0 Å². The maximum Gasteiger partial charge on any atom is 0.323 e. The van der Waals surface area contributed by atoms with Crippen molar-refractivity contribution in [3.8, 4) is 0 Å². The van der Waals surface area contributed by atoms with Gasteiger partial charge < -0.3 is 4.74 Å². The third-order valence-electron chi connectivity index (χ3n) is 3.92. The van der Waals surface area contributed by atoms with E-state index in [9.17, 15) is 9.00 Å². The second kappa shape index (κ2) is 5.06. The fourth-order valence-electron chi connectivity index (χ4n) is 3.29. The van der Waals surface area contributed by atoms with Crippen molar-refractivity contribution in [2.45, 2.75) is 44.0 Å². The summed E-state index contributed by atoms with van der Waals surface area (Å²) in [5, 5.41) is 3.53. The SMILES string of the molecule is COC(=O)C1CS(=O)C2C(C)CC(C)CC2N1. The van der Waals surface area contributed by atoms with Gasteiger partial charge in [0, 0.05) is 22.6 Å². The van der Waals surface area contributed by atoms with Gasteiger partial charge in [0.05, 0.1) is 12.4 Å². The number of methoxy groups -OCH3 is 1. The first-order valence-corrected chi connectivity index (χ1v) is 7.62. The number of hydrogen-bond donors (Lipinski definition) is 1. The number of carbonyl (C=O) groups excluding carboxylic acids is 1. The van der Waals surface area contributed by atoms with Crippen LogP contribution in [-0.2, 0) is 20.3 Å². The molecule has 0 aromatic carbocycles. The molecular weight excluding hydrogens is 238 g/mol. The fourth-order valence-corrected chi connectivity index (χ4v) is 5.26. The Hall–Kier alpha value is -0.420. The topological polar surface area (TPSA) is 55.4 Å². The van der Waals surface area contributed by atoms with Crippen LogP contribution < -0.4 is 5.32 Å². The molecule has 0 bridgehead atoms.